The number of benzene rings is 1. The van der Waals surface area contributed by atoms with Crippen molar-refractivity contribution in [1.29, 1.82) is 0 Å². The number of nitrogens with two attached hydrogens (primary N) is 1. The van der Waals surface area contributed by atoms with Crippen LogP contribution in [0, 0.1) is 5.82 Å². The van der Waals surface area contributed by atoms with Crippen molar-refractivity contribution in [2.24, 2.45) is 5.73 Å². The molecule has 0 saturated heterocycles. The Morgan fingerprint density at radius 1 is 1.37 bits per heavy atom. The van der Waals surface area contributed by atoms with Crippen molar-refractivity contribution in [2.75, 3.05) is 0 Å². The van der Waals surface area contributed by atoms with E-state index in [4.69, 9.17) is 5.73 Å². The summed E-state index contributed by atoms with van der Waals surface area (Å²) in [6.07, 6.45) is 3.12. The van der Waals surface area contributed by atoms with Gasteiger partial charge in [-0.05, 0) is 45.2 Å². The molecule has 2 aromatic rings. The fourth-order valence-electron chi connectivity index (χ4n) is 3.17. The number of aromatic nitrogens is 2. The molecule has 0 amide bonds. The van der Waals surface area contributed by atoms with Crippen LogP contribution in [0.2, 0.25) is 0 Å². The van der Waals surface area contributed by atoms with Crippen LogP contribution < -0.4 is 5.73 Å². The van der Waals surface area contributed by atoms with Gasteiger partial charge >= 0.3 is 0 Å². The molecule has 19 heavy (non-hydrogen) atoms. The van der Waals surface area contributed by atoms with E-state index in [1.54, 1.807) is 0 Å². The van der Waals surface area contributed by atoms with Crippen molar-refractivity contribution in [3.05, 3.63) is 29.8 Å². The smallest absolute Gasteiger partial charge is 0.125 e. The van der Waals surface area contributed by atoms with Gasteiger partial charge < -0.3 is 10.3 Å². The molecule has 1 heterocycles. The molecule has 2 N–H and O–H groups in total. The van der Waals surface area contributed by atoms with Crippen LogP contribution in [-0.4, -0.2) is 15.6 Å². The largest absolute Gasteiger partial charge is 0.328 e. The van der Waals surface area contributed by atoms with Gasteiger partial charge in [-0.15, -0.1) is 0 Å². The molecule has 102 valence electrons. The van der Waals surface area contributed by atoms with Crippen LogP contribution in [0.4, 0.5) is 4.39 Å². The molecule has 1 aliphatic rings. The Bertz CT molecular complexity index is 603. The minimum Gasteiger partial charge on any atom is -0.328 e. The minimum atomic E-state index is -0.226. The number of fused-ring (bicyclic) bond motifs is 1. The van der Waals surface area contributed by atoms with Gasteiger partial charge in [-0.3, -0.25) is 0 Å². The molecule has 3 nitrogen and oxygen atoms in total. The fourth-order valence-corrected chi connectivity index (χ4v) is 3.17. The zero-order valence-corrected chi connectivity index (χ0v) is 11.4. The average Bonchev–Trinajstić information content (AvgIpc) is 2.91. The molecule has 1 aromatic heterocycles. The summed E-state index contributed by atoms with van der Waals surface area (Å²) in [6.45, 7) is 4.28. The summed E-state index contributed by atoms with van der Waals surface area (Å²) in [5.41, 5.74) is 7.78. The molecule has 1 aliphatic carbocycles. The predicted molar refractivity (Wildman–Crippen MR) is 74.6 cm³/mol. The quantitative estimate of drug-likeness (QED) is 0.901. The molecule has 1 saturated carbocycles. The Kier molecular flexibility index (Phi) is 3.05. The van der Waals surface area contributed by atoms with Crippen LogP contribution in [0.25, 0.3) is 11.0 Å². The Morgan fingerprint density at radius 2 is 2.16 bits per heavy atom. The summed E-state index contributed by atoms with van der Waals surface area (Å²) in [6, 6.07) is 5.46. The lowest BCUT2D eigenvalue weighted by molar-refractivity contribution is 0.536. The van der Waals surface area contributed by atoms with Gasteiger partial charge in [0.1, 0.15) is 11.6 Å². The van der Waals surface area contributed by atoms with Gasteiger partial charge in [0.05, 0.1) is 11.0 Å². The molecule has 4 heteroatoms. The number of hydrogen-bond acceptors (Lipinski definition) is 2. The van der Waals surface area contributed by atoms with E-state index in [2.05, 4.69) is 23.4 Å². The second-order valence-corrected chi connectivity index (χ2v) is 5.84. The maximum absolute atomic E-state index is 13.3. The number of imidazole rings is 1. The SMILES string of the molecule is CC(C)n1c([C@@H]2CC[C@H](N)C2)nc2cc(F)ccc21. The summed E-state index contributed by atoms with van der Waals surface area (Å²) >= 11 is 0. The van der Waals surface area contributed by atoms with Gasteiger partial charge in [-0.25, -0.2) is 9.37 Å². The van der Waals surface area contributed by atoms with Crippen molar-refractivity contribution in [2.45, 2.75) is 51.1 Å². The highest BCUT2D eigenvalue weighted by Crippen LogP contribution is 2.36. The van der Waals surface area contributed by atoms with E-state index in [-0.39, 0.29) is 11.9 Å². The summed E-state index contributed by atoms with van der Waals surface area (Å²) in [5.74, 6) is 1.26. The Balaban J connectivity index is 2.14. The van der Waals surface area contributed by atoms with Gasteiger partial charge in [0.15, 0.2) is 0 Å². The van der Waals surface area contributed by atoms with E-state index >= 15 is 0 Å². The summed E-state index contributed by atoms with van der Waals surface area (Å²) < 4.78 is 15.6. The average molecular weight is 261 g/mol. The molecule has 0 bridgehead atoms. The van der Waals surface area contributed by atoms with E-state index in [0.29, 0.717) is 12.0 Å². The Labute approximate surface area is 112 Å². The molecule has 2 atom stereocenters. The number of nitrogens with zero attached hydrogens (tertiary/aromatic N) is 2. The Hall–Kier alpha value is -1.42. The van der Waals surface area contributed by atoms with Gasteiger partial charge in [0.25, 0.3) is 0 Å². The third-order valence-corrected chi connectivity index (χ3v) is 4.03. The van der Waals surface area contributed by atoms with Gasteiger partial charge in [-0.1, -0.05) is 0 Å². The van der Waals surface area contributed by atoms with E-state index in [1.165, 1.54) is 12.1 Å². The highest BCUT2D eigenvalue weighted by atomic mass is 19.1. The molecule has 3 rings (SSSR count). The van der Waals surface area contributed by atoms with Crippen LogP contribution in [-0.2, 0) is 0 Å². The molecule has 1 fully saturated rings. The zero-order valence-electron chi connectivity index (χ0n) is 11.4. The van der Waals surface area contributed by atoms with Crippen LogP contribution in [0.15, 0.2) is 18.2 Å². The van der Waals surface area contributed by atoms with Crippen LogP contribution in [0.1, 0.15) is 50.9 Å². The van der Waals surface area contributed by atoms with E-state index < -0.39 is 0 Å². The minimum absolute atomic E-state index is 0.226. The maximum atomic E-state index is 13.3. The van der Waals surface area contributed by atoms with Crippen molar-refractivity contribution < 1.29 is 4.39 Å². The molecular formula is C15H20FN3. The number of hydrogen-bond donors (Lipinski definition) is 1. The topological polar surface area (TPSA) is 43.8 Å². The van der Waals surface area contributed by atoms with Gasteiger partial charge in [0, 0.05) is 24.1 Å². The fraction of sp³-hybridized carbons (Fsp3) is 0.533. The molecule has 0 spiro atoms. The van der Waals surface area contributed by atoms with Crippen LogP contribution in [0.5, 0.6) is 0 Å². The first-order valence-corrected chi connectivity index (χ1v) is 6.99. The first kappa shape index (κ1) is 12.6. The monoisotopic (exact) mass is 261 g/mol. The summed E-state index contributed by atoms with van der Waals surface area (Å²) in [4.78, 5) is 4.68. The first-order valence-electron chi connectivity index (χ1n) is 6.99. The van der Waals surface area contributed by atoms with Crippen molar-refractivity contribution in [1.82, 2.24) is 9.55 Å². The van der Waals surface area contributed by atoms with Gasteiger partial charge in [0.2, 0.25) is 0 Å². The molecule has 0 aliphatic heterocycles. The van der Waals surface area contributed by atoms with Crippen molar-refractivity contribution >= 4 is 11.0 Å². The third kappa shape index (κ3) is 2.14. The van der Waals surface area contributed by atoms with Crippen LogP contribution in [0.3, 0.4) is 0 Å². The normalized spacial score (nSPS) is 23.6. The van der Waals surface area contributed by atoms with E-state index in [9.17, 15) is 4.39 Å². The summed E-state index contributed by atoms with van der Waals surface area (Å²) in [5, 5.41) is 0. The number of halogens is 1. The lowest BCUT2D eigenvalue weighted by atomic mass is 10.1. The lowest BCUT2D eigenvalue weighted by Gasteiger charge is -2.17. The lowest BCUT2D eigenvalue weighted by Crippen LogP contribution is -2.16. The van der Waals surface area contributed by atoms with Gasteiger partial charge in [-0.2, -0.15) is 0 Å². The van der Waals surface area contributed by atoms with Crippen molar-refractivity contribution in [3.8, 4) is 0 Å². The standard InChI is InChI=1S/C15H20FN3/c1-9(2)19-14-6-4-11(16)8-13(14)18-15(19)10-3-5-12(17)7-10/h4,6,8-10,12H,3,5,7,17H2,1-2H3/t10-,12+/m1/s1. The predicted octanol–water partition coefficient (Wildman–Crippen LogP) is 3.35. The first-order chi connectivity index (χ1) is 9.06. The molecule has 0 unspecified atom stereocenters. The molecular weight excluding hydrogens is 241 g/mol. The number of rotatable bonds is 2. The second kappa shape index (κ2) is 4.60. The van der Waals surface area contributed by atoms with E-state index in [0.717, 1.165) is 36.1 Å². The Morgan fingerprint density at radius 3 is 2.79 bits per heavy atom. The highest BCUT2D eigenvalue weighted by Gasteiger charge is 2.28. The summed E-state index contributed by atoms with van der Waals surface area (Å²) in [7, 11) is 0. The highest BCUT2D eigenvalue weighted by molar-refractivity contribution is 5.76. The second-order valence-electron chi connectivity index (χ2n) is 5.84. The maximum Gasteiger partial charge on any atom is 0.125 e. The van der Waals surface area contributed by atoms with E-state index in [1.807, 2.05) is 6.07 Å². The zero-order chi connectivity index (χ0) is 13.6. The van der Waals surface area contributed by atoms with Crippen LogP contribution >= 0.6 is 0 Å². The molecule has 1 aromatic carbocycles. The van der Waals surface area contributed by atoms with Crippen molar-refractivity contribution in [3.63, 3.8) is 0 Å². The molecule has 0 radical (unpaired) electrons. The third-order valence-electron chi connectivity index (χ3n) is 4.03.